The molecule has 2 aromatic carbocycles. The van der Waals surface area contributed by atoms with Gasteiger partial charge in [0.1, 0.15) is 0 Å². The second-order valence-electron chi connectivity index (χ2n) is 6.84. The Kier molecular flexibility index (Phi) is 6.46. The monoisotopic (exact) mass is 410 g/mol. The second kappa shape index (κ2) is 9.21. The van der Waals surface area contributed by atoms with E-state index in [1.165, 1.54) is 13.2 Å². The molecule has 1 aliphatic rings. The third kappa shape index (κ3) is 4.83. The van der Waals surface area contributed by atoms with Crippen molar-refractivity contribution in [2.24, 2.45) is 0 Å². The molecule has 1 saturated heterocycles. The smallest absolute Gasteiger partial charge is 0.338 e. The van der Waals surface area contributed by atoms with Gasteiger partial charge in [-0.15, -0.1) is 0 Å². The van der Waals surface area contributed by atoms with Gasteiger partial charge in [-0.25, -0.2) is 9.59 Å². The van der Waals surface area contributed by atoms with Crippen LogP contribution in [0.4, 0.5) is 11.4 Å². The molecule has 1 aliphatic heterocycles. The van der Waals surface area contributed by atoms with Crippen molar-refractivity contribution in [1.29, 1.82) is 0 Å². The van der Waals surface area contributed by atoms with E-state index in [1.807, 2.05) is 0 Å². The molecule has 1 fully saturated rings. The van der Waals surface area contributed by atoms with E-state index in [0.717, 1.165) is 12.0 Å². The number of methoxy groups -OCH3 is 1. The zero-order valence-electron chi connectivity index (χ0n) is 16.8. The van der Waals surface area contributed by atoms with Gasteiger partial charge in [-0.05, 0) is 49.2 Å². The number of ether oxygens (including phenoxy) is 2. The summed E-state index contributed by atoms with van der Waals surface area (Å²) in [5, 5.41) is 2.62. The Balaban J connectivity index is 1.61. The number of aryl methyl sites for hydroxylation is 1. The highest BCUT2D eigenvalue weighted by Crippen LogP contribution is 2.22. The van der Waals surface area contributed by atoms with Gasteiger partial charge in [-0.2, -0.15) is 0 Å². The lowest BCUT2D eigenvalue weighted by molar-refractivity contribution is -0.119. The van der Waals surface area contributed by atoms with Gasteiger partial charge in [0.15, 0.2) is 6.61 Å². The zero-order chi connectivity index (χ0) is 21.7. The van der Waals surface area contributed by atoms with Crippen molar-refractivity contribution in [3.05, 3.63) is 59.2 Å². The van der Waals surface area contributed by atoms with E-state index in [1.54, 1.807) is 48.2 Å². The predicted octanol–water partition coefficient (Wildman–Crippen LogP) is 2.70. The van der Waals surface area contributed by atoms with Gasteiger partial charge in [0.05, 0.1) is 18.2 Å². The van der Waals surface area contributed by atoms with Crippen molar-refractivity contribution < 1.29 is 28.7 Å². The summed E-state index contributed by atoms with van der Waals surface area (Å²) in [7, 11) is 1.27. The highest BCUT2D eigenvalue weighted by molar-refractivity contribution is 5.99. The van der Waals surface area contributed by atoms with E-state index < -0.39 is 24.5 Å². The summed E-state index contributed by atoms with van der Waals surface area (Å²) >= 11 is 0. The Morgan fingerprint density at radius 3 is 2.53 bits per heavy atom. The van der Waals surface area contributed by atoms with E-state index in [4.69, 9.17) is 4.74 Å². The quantitative estimate of drug-likeness (QED) is 0.735. The number of carbonyl (C=O) groups excluding carboxylic acids is 4. The zero-order valence-corrected chi connectivity index (χ0v) is 16.8. The Hall–Kier alpha value is -3.68. The molecule has 2 amide bonds. The minimum absolute atomic E-state index is 0.0180. The van der Waals surface area contributed by atoms with E-state index in [0.29, 0.717) is 29.9 Å². The minimum atomic E-state index is -0.668. The molecule has 0 atom stereocenters. The topological polar surface area (TPSA) is 102 Å². The average Bonchev–Trinajstić information content (AvgIpc) is 3.19. The van der Waals surface area contributed by atoms with Crippen LogP contribution in [0.1, 0.15) is 39.1 Å². The van der Waals surface area contributed by atoms with E-state index in [9.17, 15) is 19.2 Å². The van der Waals surface area contributed by atoms with Gasteiger partial charge in [-0.3, -0.25) is 9.59 Å². The van der Waals surface area contributed by atoms with Crippen molar-refractivity contribution in [1.82, 2.24) is 0 Å². The molecular formula is C22H22N2O6. The van der Waals surface area contributed by atoms with Crippen LogP contribution in [0.3, 0.4) is 0 Å². The fourth-order valence-corrected chi connectivity index (χ4v) is 3.12. The maximum atomic E-state index is 12.3. The van der Waals surface area contributed by atoms with Crippen LogP contribution < -0.4 is 10.2 Å². The lowest BCUT2D eigenvalue weighted by Gasteiger charge is -2.16. The first-order chi connectivity index (χ1) is 14.4. The van der Waals surface area contributed by atoms with Crippen molar-refractivity contribution >= 4 is 35.1 Å². The number of benzene rings is 2. The number of amides is 2. The molecule has 1 heterocycles. The second-order valence-corrected chi connectivity index (χ2v) is 6.84. The maximum absolute atomic E-state index is 12.3. The Morgan fingerprint density at radius 1 is 1.07 bits per heavy atom. The summed E-state index contributed by atoms with van der Waals surface area (Å²) in [5.74, 6) is -1.71. The third-order valence-corrected chi connectivity index (χ3v) is 4.73. The Morgan fingerprint density at radius 2 is 1.83 bits per heavy atom. The van der Waals surface area contributed by atoms with Crippen molar-refractivity contribution in [3.63, 3.8) is 0 Å². The van der Waals surface area contributed by atoms with Gasteiger partial charge in [-0.1, -0.05) is 12.1 Å². The summed E-state index contributed by atoms with van der Waals surface area (Å²) in [6, 6.07) is 11.3. The fraction of sp³-hybridized carbons (Fsp3) is 0.273. The van der Waals surface area contributed by atoms with Crippen LogP contribution in [0.15, 0.2) is 42.5 Å². The molecule has 156 valence electrons. The highest BCUT2D eigenvalue weighted by Gasteiger charge is 2.22. The summed E-state index contributed by atoms with van der Waals surface area (Å²) in [6.07, 6.45) is 1.27. The molecule has 0 saturated carbocycles. The number of nitrogens with one attached hydrogen (secondary N) is 1. The molecule has 30 heavy (non-hydrogen) atoms. The molecule has 8 heteroatoms. The van der Waals surface area contributed by atoms with Crippen LogP contribution in [-0.4, -0.2) is 44.0 Å². The van der Waals surface area contributed by atoms with Crippen molar-refractivity contribution in [3.8, 4) is 0 Å². The SMILES string of the molecule is COC(=O)c1ccc(C)c(NC(=O)COC(=O)c2cccc(N3CCCC3=O)c2)c1. The molecule has 0 radical (unpaired) electrons. The number of anilines is 2. The predicted molar refractivity (Wildman–Crippen MR) is 109 cm³/mol. The normalized spacial score (nSPS) is 13.1. The van der Waals surface area contributed by atoms with Crippen LogP contribution in [-0.2, 0) is 19.1 Å². The first-order valence-corrected chi connectivity index (χ1v) is 9.45. The van der Waals surface area contributed by atoms with Crippen molar-refractivity contribution in [2.75, 3.05) is 30.5 Å². The lowest BCUT2D eigenvalue weighted by atomic mass is 10.1. The van der Waals surface area contributed by atoms with Gasteiger partial charge in [0.25, 0.3) is 5.91 Å². The standard InChI is InChI=1S/C22H22N2O6/c1-14-8-9-16(21(27)29-2)12-18(14)23-19(25)13-30-22(28)15-5-3-6-17(11-15)24-10-4-7-20(24)26/h3,5-6,8-9,11-12H,4,7,10,13H2,1-2H3,(H,23,25). The van der Waals surface area contributed by atoms with Gasteiger partial charge < -0.3 is 19.7 Å². The van der Waals surface area contributed by atoms with Crippen LogP contribution in [0, 0.1) is 6.92 Å². The number of esters is 2. The molecule has 3 rings (SSSR count). The molecule has 0 aliphatic carbocycles. The van der Waals surface area contributed by atoms with E-state index in [2.05, 4.69) is 10.1 Å². The van der Waals surface area contributed by atoms with Crippen LogP contribution >= 0.6 is 0 Å². The molecule has 0 aromatic heterocycles. The van der Waals surface area contributed by atoms with Crippen LogP contribution in [0.25, 0.3) is 0 Å². The van der Waals surface area contributed by atoms with Crippen molar-refractivity contribution in [2.45, 2.75) is 19.8 Å². The van der Waals surface area contributed by atoms with E-state index in [-0.39, 0.29) is 11.5 Å². The molecule has 1 N–H and O–H groups in total. The fourth-order valence-electron chi connectivity index (χ4n) is 3.12. The lowest BCUT2D eigenvalue weighted by Crippen LogP contribution is -2.24. The van der Waals surface area contributed by atoms with Gasteiger partial charge >= 0.3 is 11.9 Å². The number of rotatable bonds is 6. The molecule has 8 nitrogen and oxygen atoms in total. The Labute approximate surface area is 173 Å². The summed E-state index contributed by atoms with van der Waals surface area (Å²) in [4.78, 5) is 49.7. The first kappa shape index (κ1) is 21.0. The molecule has 0 bridgehead atoms. The molecule has 0 unspecified atom stereocenters. The minimum Gasteiger partial charge on any atom is -0.465 e. The molecule has 2 aromatic rings. The molecular weight excluding hydrogens is 388 g/mol. The Bertz CT molecular complexity index is 1000. The molecule has 0 spiro atoms. The number of hydrogen-bond donors (Lipinski definition) is 1. The third-order valence-electron chi connectivity index (χ3n) is 4.73. The summed E-state index contributed by atoms with van der Waals surface area (Å²) in [6.45, 7) is 1.89. The van der Waals surface area contributed by atoms with E-state index >= 15 is 0 Å². The number of hydrogen-bond acceptors (Lipinski definition) is 6. The average molecular weight is 410 g/mol. The van der Waals surface area contributed by atoms with Gasteiger partial charge in [0, 0.05) is 24.3 Å². The van der Waals surface area contributed by atoms with Crippen LogP contribution in [0.2, 0.25) is 0 Å². The first-order valence-electron chi connectivity index (χ1n) is 9.45. The maximum Gasteiger partial charge on any atom is 0.338 e. The number of carbonyl (C=O) groups is 4. The largest absolute Gasteiger partial charge is 0.465 e. The van der Waals surface area contributed by atoms with Gasteiger partial charge in [0.2, 0.25) is 5.91 Å². The van der Waals surface area contributed by atoms with Crippen LogP contribution in [0.5, 0.6) is 0 Å². The summed E-state index contributed by atoms with van der Waals surface area (Å²) < 4.78 is 9.77. The summed E-state index contributed by atoms with van der Waals surface area (Å²) in [5.41, 5.74) is 2.35. The number of nitrogens with zero attached hydrogens (tertiary/aromatic N) is 1. The highest BCUT2D eigenvalue weighted by atomic mass is 16.5.